The van der Waals surface area contributed by atoms with Crippen molar-refractivity contribution in [1.82, 2.24) is 0 Å². The molecular weight excluding hydrogens is 104 g/mol. The van der Waals surface area contributed by atoms with Crippen molar-refractivity contribution in [3.8, 4) is 0 Å². The molecule has 0 unspecified atom stereocenters. The summed E-state index contributed by atoms with van der Waals surface area (Å²) in [7, 11) is 0. The van der Waals surface area contributed by atoms with Crippen LogP contribution in [0.25, 0.3) is 0 Å². The van der Waals surface area contributed by atoms with Crippen molar-refractivity contribution in [3.63, 3.8) is 0 Å². The summed E-state index contributed by atoms with van der Waals surface area (Å²) in [6.45, 7) is 4.58. The first-order valence-corrected chi connectivity index (χ1v) is 2.47. The van der Waals surface area contributed by atoms with Crippen LogP contribution in [0, 0.1) is 6.92 Å². The Hall–Kier alpha value is -0.790. The molecule has 0 rings (SSSR count). The Balaban J connectivity index is 3.18. The summed E-state index contributed by atoms with van der Waals surface area (Å²) < 4.78 is 0. The normalized spacial score (nSPS) is 8.62. The third-order valence-electron chi connectivity index (χ3n) is 0.756. The quantitative estimate of drug-likeness (QED) is 0.506. The molecule has 0 saturated heterocycles. The van der Waals surface area contributed by atoms with E-state index in [0.717, 1.165) is 0 Å². The summed E-state index contributed by atoms with van der Waals surface area (Å²) in [5, 5.41) is 0. The maximum Gasteiger partial charge on any atom is 0.303 e. The van der Waals surface area contributed by atoms with E-state index in [4.69, 9.17) is 0 Å². The van der Waals surface area contributed by atoms with Crippen LogP contribution in [-0.4, -0.2) is 11.6 Å². The molecule has 0 atom stereocenters. The fourth-order valence-electron chi connectivity index (χ4n) is 0.315. The third kappa shape index (κ3) is 5.21. The highest BCUT2D eigenvalue weighted by Gasteiger charge is 2.01. The van der Waals surface area contributed by atoms with Crippen molar-refractivity contribution in [2.24, 2.45) is 0 Å². The first kappa shape index (κ1) is 7.21. The average Bonchev–Trinajstić information content (AvgIpc) is 1.61. The van der Waals surface area contributed by atoms with Crippen molar-refractivity contribution in [3.05, 3.63) is 6.92 Å². The second kappa shape index (κ2) is 3.24. The number of hydrogen-bond acceptors (Lipinski definition) is 2. The highest BCUT2D eigenvalue weighted by atomic mass is 16.1. The molecule has 0 saturated carbocycles. The molecule has 0 heterocycles. The zero-order chi connectivity index (χ0) is 6.57. The van der Waals surface area contributed by atoms with Gasteiger partial charge in [0.05, 0.1) is 6.42 Å². The van der Waals surface area contributed by atoms with Gasteiger partial charge in [0, 0.05) is 6.42 Å². The molecule has 0 radical (unpaired) electrons. The topological polar surface area (TPSA) is 34.1 Å². The van der Waals surface area contributed by atoms with Gasteiger partial charge in [-0.25, -0.2) is 4.79 Å². The SMILES string of the molecule is [CH2+]C(=O)CCC(C)=O. The summed E-state index contributed by atoms with van der Waals surface area (Å²) in [5.74, 6) is -0.123. The van der Waals surface area contributed by atoms with Crippen molar-refractivity contribution < 1.29 is 9.59 Å². The fraction of sp³-hybridized carbons (Fsp3) is 0.500. The molecule has 0 amide bonds. The van der Waals surface area contributed by atoms with Gasteiger partial charge in [0.2, 0.25) is 0 Å². The average molecular weight is 113 g/mol. The van der Waals surface area contributed by atoms with Gasteiger partial charge in [0.25, 0.3) is 0 Å². The van der Waals surface area contributed by atoms with E-state index in [1.807, 2.05) is 0 Å². The highest BCUT2D eigenvalue weighted by molar-refractivity contribution is 5.87. The lowest BCUT2D eigenvalue weighted by Gasteiger charge is -1.82. The summed E-state index contributed by atoms with van der Waals surface area (Å²) in [6.07, 6.45) is 0.623. The van der Waals surface area contributed by atoms with E-state index in [2.05, 4.69) is 6.92 Å². The molecule has 0 bridgehead atoms. The summed E-state index contributed by atoms with van der Waals surface area (Å²) in [6, 6.07) is 0. The molecule has 0 aromatic carbocycles. The van der Waals surface area contributed by atoms with Gasteiger partial charge in [-0.2, -0.15) is 0 Å². The molecular formula is C6H9O2+. The molecule has 0 aliphatic heterocycles. The van der Waals surface area contributed by atoms with Crippen molar-refractivity contribution in [2.45, 2.75) is 19.8 Å². The van der Waals surface area contributed by atoms with Crippen LogP contribution < -0.4 is 0 Å². The smallest absolute Gasteiger partial charge is 0.300 e. The molecule has 2 nitrogen and oxygen atoms in total. The molecule has 0 aromatic heterocycles. The van der Waals surface area contributed by atoms with E-state index in [-0.39, 0.29) is 18.0 Å². The second-order valence-corrected chi connectivity index (χ2v) is 1.74. The van der Waals surface area contributed by atoms with Crippen molar-refractivity contribution in [2.75, 3.05) is 0 Å². The van der Waals surface area contributed by atoms with Gasteiger partial charge in [-0.15, -0.1) is 0 Å². The van der Waals surface area contributed by atoms with E-state index in [1.54, 1.807) is 0 Å². The summed E-state index contributed by atoms with van der Waals surface area (Å²) in [5.41, 5.74) is 0. The summed E-state index contributed by atoms with van der Waals surface area (Å²) >= 11 is 0. The van der Waals surface area contributed by atoms with E-state index in [1.165, 1.54) is 6.92 Å². The lowest BCUT2D eigenvalue weighted by atomic mass is 10.2. The molecule has 44 valence electrons. The van der Waals surface area contributed by atoms with Crippen LogP contribution in [0.4, 0.5) is 0 Å². The zero-order valence-electron chi connectivity index (χ0n) is 4.94. The van der Waals surface area contributed by atoms with Gasteiger partial charge in [-0.05, 0) is 6.92 Å². The maximum atomic E-state index is 10.2. The van der Waals surface area contributed by atoms with Crippen LogP contribution in [0.2, 0.25) is 0 Å². The van der Waals surface area contributed by atoms with Crippen LogP contribution in [0.1, 0.15) is 19.8 Å². The molecule has 2 heteroatoms. The Labute approximate surface area is 48.9 Å². The number of rotatable bonds is 3. The van der Waals surface area contributed by atoms with Crippen LogP contribution in [-0.2, 0) is 9.59 Å². The number of Topliss-reactive ketones (excluding diaryl/α,β-unsaturated/α-hetero) is 2. The standard InChI is InChI=1S/C6H9O2/c1-5(7)3-4-6(2)8/h1,3-4H2,2H3/q+1. The van der Waals surface area contributed by atoms with Crippen molar-refractivity contribution in [1.29, 1.82) is 0 Å². The monoisotopic (exact) mass is 113 g/mol. The first-order chi connectivity index (χ1) is 3.63. The maximum absolute atomic E-state index is 10.2. The van der Waals surface area contributed by atoms with E-state index < -0.39 is 0 Å². The zero-order valence-corrected chi connectivity index (χ0v) is 4.94. The van der Waals surface area contributed by atoms with Crippen LogP contribution >= 0.6 is 0 Å². The van der Waals surface area contributed by atoms with E-state index >= 15 is 0 Å². The van der Waals surface area contributed by atoms with Gasteiger partial charge in [-0.1, -0.05) is 0 Å². The van der Waals surface area contributed by atoms with Gasteiger partial charge in [0.1, 0.15) is 12.7 Å². The third-order valence-corrected chi connectivity index (χ3v) is 0.756. The predicted octanol–water partition coefficient (Wildman–Crippen LogP) is 0.759. The van der Waals surface area contributed by atoms with Gasteiger partial charge in [0.15, 0.2) is 0 Å². The first-order valence-electron chi connectivity index (χ1n) is 2.47. The van der Waals surface area contributed by atoms with Gasteiger partial charge in [-0.3, -0.25) is 0 Å². The minimum atomic E-state index is -0.166. The minimum absolute atomic E-state index is 0.0435. The number of hydrogen-bond donors (Lipinski definition) is 0. The van der Waals surface area contributed by atoms with Crippen LogP contribution in [0.5, 0.6) is 0 Å². The second-order valence-electron chi connectivity index (χ2n) is 1.74. The number of carbonyl (C=O) groups excluding carboxylic acids is 2. The fourth-order valence-corrected chi connectivity index (χ4v) is 0.315. The Morgan fingerprint density at radius 3 is 2.00 bits per heavy atom. The number of carbonyl (C=O) groups is 2. The molecule has 0 spiro atoms. The molecule has 0 aromatic rings. The Morgan fingerprint density at radius 1 is 1.38 bits per heavy atom. The lowest BCUT2D eigenvalue weighted by molar-refractivity contribution is -0.121. The predicted molar refractivity (Wildman–Crippen MR) is 30.3 cm³/mol. The molecule has 0 fully saturated rings. The van der Waals surface area contributed by atoms with E-state index in [0.29, 0.717) is 6.42 Å². The largest absolute Gasteiger partial charge is 0.303 e. The molecule has 0 aliphatic rings. The molecule has 0 aliphatic carbocycles. The highest BCUT2D eigenvalue weighted by Crippen LogP contribution is 1.89. The molecule has 0 N–H and O–H groups in total. The summed E-state index contributed by atoms with van der Waals surface area (Å²) in [4.78, 5) is 20.3. The van der Waals surface area contributed by atoms with Crippen LogP contribution in [0.15, 0.2) is 0 Å². The number of ketones is 2. The Bertz CT molecular complexity index is 91.1. The Kier molecular flexibility index (Phi) is 2.92. The Morgan fingerprint density at radius 2 is 1.88 bits per heavy atom. The van der Waals surface area contributed by atoms with Crippen LogP contribution in [0.3, 0.4) is 0 Å². The van der Waals surface area contributed by atoms with Gasteiger partial charge < -0.3 is 4.79 Å². The van der Waals surface area contributed by atoms with E-state index in [9.17, 15) is 9.59 Å². The van der Waals surface area contributed by atoms with Gasteiger partial charge >= 0.3 is 5.78 Å². The molecule has 8 heavy (non-hydrogen) atoms. The lowest BCUT2D eigenvalue weighted by Crippen LogP contribution is -1.95. The van der Waals surface area contributed by atoms with Crippen molar-refractivity contribution >= 4 is 11.6 Å². The minimum Gasteiger partial charge on any atom is -0.300 e.